The van der Waals surface area contributed by atoms with Gasteiger partial charge in [-0.25, -0.2) is 4.79 Å². The maximum Gasteiger partial charge on any atom is 0.410 e. The average Bonchev–Trinajstić information content (AvgIpc) is 2.72. The minimum absolute atomic E-state index is 0.171. The van der Waals surface area contributed by atoms with Crippen LogP contribution in [-0.4, -0.2) is 35.7 Å². The second-order valence-corrected chi connectivity index (χ2v) is 6.65. The molecule has 1 spiro atoms. The zero-order valence-electron chi connectivity index (χ0n) is 11.2. The van der Waals surface area contributed by atoms with Crippen LogP contribution in [0.15, 0.2) is 0 Å². The first-order valence-corrected chi connectivity index (χ1v) is 6.53. The highest BCUT2D eigenvalue weighted by Gasteiger charge is 2.45. The van der Waals surface area contributed by atoms with Crippen molar-refractivity contribution in [2.24, 2.45) is 11.1 Å². The lowest BCUT2D eigenvalue weighted by atomic mass is 9.85. The van der Waals surface area contributed by atoms with Crippen LogP contribution in [0.4, 0.5) is 4.79 Å². The van der Waals surface area contributed by atoms with E-state index in [0.29, 0.717) is 6.04 Å². The van der Waals surface area contributed by atoms with E-state index in [0.717, 1.165) is 38.8 Å². The van der Waals surface area contributed by atoms with Gasteiger partial charge in [-0.05, 0) is 51.9 Å². The Kier molecular flexibility index (Phi) is 3.10. The van der Waals surface area contributed by atoms with Gasteiger partial charge >= 0.3 is 6.09 Å². The maximum absolute atomic E-state index is 12.0. The number of hydrogen-bond acceptors (Lipinski definition) is 3. The van der Waals surface area contributed by atoms with E-state index in [4.69, 9.17) is 10.5 Å². The molecule has 1 saturated heterocycles. The Balaban J connectivity index is 1.92. The van der Waals surface area contributed by atoms with Crippen LogP contribution in [0.25, 0.3) is 0 Å². The Labute approximate surface area is 103 Å². The van der Waals surface area contributed by atoms with Gasteiger partial charge in [0.15, 0.2) is 0 Å². The van der Waals surface area contributed by atoms with E-state index in [1.54, 1.807) is 0 Å². The summed E-state index contributed by atoms with van der Waals surface area (Å²) in [6.45, 7) is 7.36. The summed E-state index contributed by atoms with van der Waals surface area (Å²) in [6, 6.07) is 0.327. The molecule has 0 bridgehead atoms. The highest BCUT2D eigenvalue weighted by Crippen LogP contribution is 2.45. The second kappa shape index (κ2) is 4.16. The van der Waals surface area contributed by atoms with Crippen molar-refractivity contribution in [1.29, 1.82) is 0 Å². The maximum atomic E-state index is 12.0. The fourth-order valence-corrected chi connectivity index (χ4v) is 3.04. The van der Waals surface area contributed by atoms with Crippen molar-refractivity contribution >= 4 is 6.09 Å². The number of carbonyl (C=O) groups excluding carboxylic acids is 1. The molecule has 98 valence electrons. The van der Waals surface area contributed by atoms with Gasteiger partial charge in [-0.2, -0.15) is 0 Å². The smallest absolute Gasteiger partial charge is 0.410 e. The summed E-state index contributed by atoms with van der Waals surface area (Å²) in [6.07, 6.45) is 4.23. The van der Waals surface area contributed by atoms with E-state index < -0.39 is 5.60 Å². The zero-order chi connectivity index (χ0) is 12.7. The fraction of sp³-hybridized carbons (Fsp3) is 0.923. The molecule has 1 heterocycles. The van der Waals surface area contributed by atoms with Gasteiger partial charge in [0.1, 0.15) is 5.60 Å². The third-order valence-electron chi connectivity index (χ3n) is 3.83. The van der Waals surface area contributed by atoms with E-state index in [9.17, 15) is 4.79 Å². The van der Waals surface area contributed by atoms with E-state index >= 15 is 0 Å². The molecule has 4 heteroatoms. The summed E-state index contributed by atoms with van der Waals surface area (Å²) in [7, 11) is 0. The van der Waals surface area contributed by atoms with Gasteiger partial charge in [0.25, 0.3) is 0 Å². The molecule has 17 heavy (non-hydrogen) atoms. The Hall–Kier alpha value is -0.770. The molecule has 2 atom stereocenters. The lowest BCUT2D eigenvalue weighted by Gasteiger charge is -2.26. The Morgan fingerprint density at radius 1 is 1.41 bits per heavy atom. The highest BCUT2D eigenvalue weighted by molar-refractivity contribution is 5.68. The van der Waals surface area contributed by atoms with Crippen molar-refractivity contribution in [2.45, 2.75) is 58.1 Å². The molecule has 4 nitrogen and oxygen atoms in total. The van der Waals surface area contributed by atoms with Crippen LogP contribution >= 0.6 is 0 Å². The number of amides is 1. The van der Waals surface area contributed by atoms with Crippen molar-refractivity contribution in [3.8, 4) is 0 Å². The van der Waals surface area contributed by atoms with E-state index in [2.05, 4.69) is 0 Å². The summed E-state index contributed by atoms with van der Waals surface area (Å²) in [4.78, 5) is 13.8. The van der Waals surface area contributed by atoms with E-state index in [-0.39, 0.29) is 11.5 Å². The average molecular weight is 240 g/mol. The van der Waals surface area contributed by atoms with Crippen LogP contribution in [0.5, 0.6) is 0 Å². The molecular formula is C13H24N2O2. The summed E-state index contributed by atoms with van der Waals surface area (Å²) < 4.78 is 5.41. The molecule has 1 aliphatic heterocycles. The van der Waals surface area contributed by atoms with Crippen LogP contribution in [0.2, 0.25) is 0 Å². The molecule has 0 aromatic carbocycles. The number of nitrogens with zero attached hydrogens (tertiary/aromatic N) is 1. The molecule has 0 radical (unpaired) electrons. The van der Waals surface area contributed by atoms with E-state index in [1.165, 1.54) is 0 Å². The van der Waals surface area contributed by atoms with Crippen molar-refractivity contribution in [1.82, 2.24) is 4.90 Å². The lowest BCUT2D eigenvalue weighted by molar-refractivity contribution is 0.0273. The van der Waals surface area contributed by atoms with E-state index in [1.807, 2.05) is 25.7 Å². The highest BCUT2D eigenvalue weighted by atomic mass is 16.6. The molecule has 2 rings (SSSR count). The van der Waals surface area contributed by atoms with Gasteiger partial charge in [-0.15, -0.1) is 0 Å². The summed E-state index contributed by atoms with van der Waals surface area (Å²) >= 11 is 0. The first-order valence-electron chi connectivity index (χ1n) is 6.53. The van der Waals surface area contributed by atoms with Gasteiger partial charge in [-0.1, -0.05) is 0 Å². The van der Waals surface area contributed by atoms with Crippen molar-refractivity contribution in [2.75, 3.05) is 13.1 Å². The molecule has 1 aliphatic carbocycles. The SMILES string of the molecule is CC(C)(C)OC(=O)N1CC[C@]2(CC[C@H](N)C2)C1. The summed E-state index contributed by atoms with van der Waals surface area (Å²) in [5.41, 5.74) is 5.86. The third-order valence-corrected chi connectivity index (χ3v) is 3.83. The Morgan fingerprint density at radius 2 is 2.12 bits per heavy atom. The van der Waals surface area contributed by atoms with Crippen LogP contribution < -0.4 is 5.73 Å². The predicted molar refractivity (Wildman–Crippen MR) is 66.7 cm³/mol. The minimum Gasteiger partial charge on any atom is -0.444 e. The molecule has 0 aromatic heterocycles. The Morgan fingerprint density at radius 3 is 2.65 bits per heavy atom. The third kappa shape index (κ3) is 2.92. The number of nitrogens with two attached hydrogens (primary N) is 1. The van der Waals surface area contributed by atoms with Gasteiger partial charge in [0.2, 0.25) is 0 Å². The number of rotatable bonds is 0. The van der Waals surface area contributed by atoms with Gasteiger partial charge in [0, 0.05) is 19.1 Å². The van der Waals surface area contributed by atoms with Gasteiger partial charge < -0.3 is 15.4 Å². The predicted octanol–water partition coefficient (Wildman–Crippen LogP) is 2.12. The van der Waals surface area contributed by atoms with Crippen molar-refractivity contribution < 1.29 is 9.53 Å². The number of ether oxygens (including phenoxy) is 1. The second-order valence-electron chi connectivity index (χ2n) is 6.65. The molecular weight excluding hydrogens is 216 g/mol. The number of likely N-dealkylation sites (tertiary alicyclic amines) is 1. The number of carbonyl (C=O) groups is 1. The van der Waals surface area contributed by atoms with Crippen LogP contribution in [0.3, 0.4) is 0 Å². The van der Waals surface area contributed by atoms with Crippen molar-refractivity contribution in [3.05, 3.63) is 0 Å². The number of hydrogen-bond donors (Lipinski definition) is 1. The minimum atomic E-state index is -0.404. The Bertz CT molecular complexity index is 311. The van der Waals surface area contributed by atoms with Gasteiger partial charge in [0.05, 0.1) is 0 Å². The van der Waals surface area contributed by atoms with Crippen LogP contribution in [-0.2, 0) is 4.74 Å². The quantitative estimate of drug-likeness (QED) is 0.705. The first-order chi connectivity index (χ1) is 7.80. The van der Waals surface area contributed by atoms with Crippen molar-refractivity contribution in [3.63, 3.8) is 0 Å². The molecule has 1 saturated carbocycles. The normalized spacial score (nSPS) is 33.4. The molecule has 2 N–H and O–H groups in total. The standard InChI is InChI=1S/C13H24N2O2/c1-12(2,3)17-11(16)15-7-6-13(9-15)5-4-10(14)8-13/h10H,4-9,14H2,1-3H3/t10-,13-/m0/s1. The zero-order valence-corrected chi connectivity index (χ0v) is 11.2. The lowest BCUT2D eigenvalue weighted by Crippen LogP contribution is -2.36. The summed E-state index contributed by atoms with van der Waals surface area (Å²) in [5, 5.41) is 0. The monoisotopic (exact) mass is 240 g/mol. The van der Waals surface area contributed by atoms with Crippen LogP contribution in [0.1, 0.15) is 46.5 Å². The first kappa shape index (κ1) is 12.7. The summed E-state index contributed by atoms with van der Waals surface area (Å²) in [5.74, 6) is 0. The molecule has 0 aromatic rings. The molecule has 1 amide bonds. The fourth-order valence-electron chi connectivity index (χ4n) is 3.04. The van der Waals surface area contributed by atoms with Gasteiger partial charge in [-0.3, -0.25) is 0 Å². The van der Waals surface area contributed by atoms with Crippen LogP contribution in [0, 0.1) is 5.41 Å². The topological polar surface area (TPSA) is 55.6 Å². The molecule has 2 fully saturated rings. The molecule has 0 unspecified atom stereocenters. The molecule has 2 aliphatic rings. The largest absolute Gasteiger partial charge is 0.444 e.